The lowest BCUT2D eigenvalue weighted by Crippen LogP contribution is -2.36. The molecule has 3 aromatic rings. The van der Waals surface area contributed by atoms with Gasteiger partial charge in [-0.25, -0.2) is 13.4 Å². The summed E-state index contributed by atoms with van der Waals surface area (Å²) in [5.74, 6) is 1.20. The molecule has 7 heteroatoms. The third kappa shape index (κ3) is 4.08. The minimum Gasteiger partial charge on any atom is -0.342 e. The van der Waals surface area contributed by atoms with Crippen LogP contribution in [-0.2, 0) is 10.0 Å². The van der Waals surface area contributed by atoms with Crippen molar-refractivity contribution in [2.75, 3.05) is 13.1 Å². The molecule has 0 aliphatic carbocycles. The summed E-state index contributed by atoms with van der Waals surface area (Å²) in [7, 11) is -3.43. The summed E-state index contributed by atoms with van der Waals surface area (Å²) < 4.78 is 26.7. The number of benzene rings is 2. The van der Waals surface area contributed by atoms with E-state index in [0.29, 0.717) is 18.1 Å². The lowest BCUT2D eigenvalue weighted by molar-refractivity contribution is 0.317. The van der Waals surface area contributed by atoms with Crippen LogP contribution in [0.4, 0.5) is 0 Å². The molecule has 2 heterocycles. The van der Waals surface area contributed by atoms with Gasteiger partial charge >= 0.3 is 0 Å². The molecule has 1 fully saturated rings. The van der Waals surface area contributed by atoms with Gasteiger partial charge in [0, 0.05) is 29.4 Å². The number of piperidine rings is 1. The zero-order valence-corrected chi connectivity index (χ0v) is 16.2. The van der Waals surface area contributed by atoms with Crippen LogP contribution in [0.25, 0.3) is 17.1 Å². The van der Waals surface area contributed by atoms with E-state index >= 15 is 0 Å². The predicted octanol–water partition coefficient (Wildman–Crippen LogP) is 4.40. The first kappa shape index (κ1) is 18.2. The van der Waals surface area contributed by atoms with Crippen molar-refractivity contribution < 1.29 is 8.42 Å². The van der Waals surface area contributed by atoms with Gasteiger partial charge in [0.15, 0.2) is 0 Å². The van der Waals surface area contributed by atoms with E-state index in [0.717, 1.165) is 35.3 Å². The Labute approximate surface area is 163 Å². The van der Waals surface area contributed by atoms with Gasteiger partial charge in [-0.05, 0) is 48.7 Å². The Morgan fingerprint density at radius 3 is 2.48 bits per heavy atom. The molecule has 0 radical (unpaired) electrons. The SMILES string of the molecule is O=S(=O)(/C=C/c1ccc(Cl)cc1)N1CCC(c2nc3ccccc3[nH]2)CC1. The minimum atomic E-state index is -3.43. The Morgan fingerprint density at radius 1 is 1.07 bits per heavy atom. The second kappa shape index (κ2) is 7.46. The van der Waals surface area contributed by atoms with Crippen LogP contribution in [0.2, 0.25) is 5.02 Å². The number of imidazole rings is 1. The van der Waals surface area contributed by atoms with Gasteiger partial charge in [-0.2, -0.15) is 4.31 Å². The van der Waals surface area contributed by atoms with Crippen molar-refractivity contribution in [3.8, 4) is 0 Å². The molecule has 1 saturated heterocycles. The number of aromatic nitrogens is 2. The van der Waals surface area contributed by atoms with Crippen molar-refractivity contribution >= 4 is 38.7 Å². The number of rotatable bonds is 4. The maximum Gasteiger partial charge on any atom is 0.236 e. The van der Waals surface area contributed by atoms with Crippen LogP contribution in [0.1, 0.15) is 30.1 Å². The van der Waals surface area contributed by atoms with Gasteiger partial charge in [0.05, 0.1) is 11.0 Å². The van der Waals surface area contributed by atoms with E-state index in [-0.39, 0.29) is 5.92 Å². The molecular formula is C20H20ClN3O2S. The van der Waals surface area contributed by atoms with Crippen molar-refractivity contribution in [1.82, 2.24) is 14.3 Å². The number of para-hydroxylation sites is 2. The fourth-order valence-electron chi connectivity index (χ4n) is 3.37. The van der Waals surface area contributed by atoms with E-state index in [1.165, 1.54) is 5.41 Å². The lowest BCUT2D eigenvalue weighted by atomic mass is 9.97. The average molecular weight is 402 g/mol. The molecule has 0 amide bonds. The van der Waals surface area contributed by atoms with Crippen LogP contribution in [0.3, 0.4) is 0 Å². The van der Waals surface area contributed by atoms with Crippen molar-refractivity contribution in [1.29, 1.82) is 0 Å². The largest absolute Gasteiger partial charge is 0.342 e. The molecule has 0 spiro atoms. The maximum atomic E-state index is 12.6. The van der Waals surface area contributed by atoms with Crippen LogP contribution in [0.15, 0.2) is 53.9 Å². The number of nitrogens with zero attached hydrogens (tertiary/aromatic N) is 2. The molecule has 1 aliphatic rings. The molecule has 1 aromatic heterocycles. The van der Waals surface area contributed by atoms with E-state index < -0.39 is 10.0 Å². The van der Waals surface area contributed by atoms with Gasteiger partial charge in [0.25, 0.3) is 0 Å². The Balaban J connectivity index is 1.42. The molecule has 1 N–H and O–H groups in total. The van der Waals surface area contributed by atoms with Crippen molar-refractivity contribution in [2.45, 2.75) is 18.8 Å². The molecule has 27 heavy (non-hydrogen) atoms. The maximum absolute atomic E-state index is 12.6. The second-order valence-electron chi connectivity index (χ2n) is 6.71. The molecule has 0 unspecified atom stereocenters. The van der Waals surface area contributed by atoms with Crippen molar-refractivity contribution in [2.24, 2.45) is 0 Å². The second-order valence-corrected chi connectivity index (χ2v) is 8.97. The van der Waals surface area contributed by atoms with Crippen LogP contribution in [-0.4, -0.2) is 35.8 Å². The number of aromatic amines is 1. The van der Waals surface area contributed by atoms with Gasteiger partial charge in [-0.15, -0.1) is 0 Å². The summed E-state index contributed by atoms with van der Waals surface area (Å²) in [6.45, 7) is 0.990. The van der Waals surface area contributed by atoms with E-state index in [2.05, 4.69) is 9.97 Å². The Kier molecular flexibility index (Phi) is 5.04. The quantitative estimate of drug-likeness (QED) is 0.704. The van der Waals surface area contributed by atoms with Crippen LogP contribution >= 0.6 is 11.6 Å². The zero-order valence-electron chi connectivity index (χ0n) is 14.7. The van der Waals surface area contributed by atoms with Gasteiger partial charge < -0.3 is 4.98 Å². The smallest absolute Gasteiger partial charge is 0.236 e. The summed E-state index contributed by atoms with van der Waals surface area (Å²) in [5, 5.41) is 1.90. The average Bonchev–Trinajstić information content (AvgIpc) is 3.12. The third-order valence-electron chi connectivity index (χ3n) is 4.91. The molecule has 0 atom stereocenters. The fraction of sp³-hybridized carbons (Fsp3) is 0.250. The first-order chi connectivity index (χ1) is 13.0. The number of H-pyrrole nitrogens is 1. The highest BCUT2D eigenvalue weighted by Gasteiger charge is 2.28. The lowest BCUT2D eigenvalue weighted by Gasteiger charge is -2.29. The third-order valence-corrected chi connectivity index (χ3v) is 6.73. The van der Waals surface area contributed by atoms with Crippen LogP contribution in [0.5, 0.6) is 0 Å². The standard InChI is InChI=1S/C20H20ClN3O2S/c21-17-7-5-15(6-8-17)11-14-27(25,26)24-12-9-16(10-13-24)20-22-18-3-1-2-4-19(18)23-20/h1-8,11,14,16H,9-10,12-13H2,(H,22,23)/b14-11+. The summed E-state index contributed by atoms with van der Waals surface area (Å²) in [6.07, 6.45) is 3.12. The van der Waals surface area contributed by atoms with Gasteiger partial charge in [-0.3, -0.25) is 0 Å². The first-order valence-corrected chi connectivity index (χ1v) is 10.8. The Morgan fingerprint density at radius 2 is 1.78 bits per heavy atom. The van der Waals surface area contributed by atoms with Crippen molar-refractivity contribution in [3.63, 3.8) is 0 Å². The number of nitrogens with one attached hydrogen (secondary N) is 1. The van der Waals surface area contributed by atoms with E-state index in [1.807, 2.05) is 24.3 Å². The Bertz CT molecular complexity index is 1030. The van der Waals surface area contributed by atoms with Gasteiger partial charge in [0.2, 0.25) is 10.0 Å². The van der Waals surface area contributed by atoms with Crippen LogP contribution < -0.4 is 0 Å². The predicted molar refractivity (Wildman–Crippen MR) is 109 cm³/mol. The number of fused-ring (bicyclic) bond motifs is 1. The Hall–Kier alpha value is -2.15. The first-order valence-electron chi connectivity index (χ1n) is 8.90. The summed E-state index contributed by atoms with van der Waals surface area (Å²) in [5.41, 5.74) is 2.78. The number of halogens is 1. The fourth-order valence-corrected chi connectivity index (χ4v) is 4.72. The highest BCUT2D eigenvalue weighted by atomic mass is 35.5. The molecule has 0 bridgehead atoms. The highest BCUT2D eigenvalue weighted by molar-refractivity contribution is 7.92. The monoisotopic (exact) mass is 401 g/mol. The van der Waals surface area contributed by atoms with Crippen molar-refractivity contribution in [3.05, 3.63) is 70.3 Å². The van der Waals surface area contributed by atoms with Gasteiger partial charge in [0.1, 0.15) is 5.82 Å². The molecule has 5 nitrogen and oxygen atoms in total. The number of hydrogen-bond acceptors (Lipinski definition) is 3. The van der Waals surface area contributed by atoms with E-state index in [4.69, 9.17) is 11.6 Å². The van der Waals surface area contributed by atoms with E-state index in [1.54, 1.807) is 34.6 Å². The normalized spacial score (nSPS) is 17.1. The zero-order chi connectivity index (χ0) is 18.9. The summed E-state index contributed by atoms with van der Waals surface area (Å²) >= 11 is 5.86. The molecule has 140 valence electrons. The number of hydrogen-bond donors (Lipinski definition) is 1. The van der Waals surface area contributed by atoms with E-state index in [9.17, 15) is 8.42 Å². The molecule has 2 aromatic carbocycles. The van der Waals surface area contributed by atoms with Crippen LogP contribution in [0, 0.1) is 0 Å². The summed E-state index contributed by atoms with van der Waals surface area (Å²) in [4.78, 5) is 8.02. The molecule has 1 aliphatic heterocycles. The van der Waals surface area contributed by atoms with Gasteiger partial charge in [-0.1, -0.05) is 35.9 Å². The summed E-state index contributed by atoms with van der Waals surface area (Å²) in [6, 6.07) is 15.0. The molecular weight excluding hydrogens is 382 g/mol. The molecule has 4 rings (SSSR count). The highest BCUT2D eigenvalue weighted by Crippen LogP contribution is 2.29. The molecule has 0 saturated carbocycles. The minimum absolute atomic E-state index is 0.254. The number of sulfonamides is 1. The topological polar surface area (TPSA) is 66.1 Å².